The zero-order valence-electron chi connectivity index (χ0n) is 16.6. The van der Waals surface area contributed by atoms with Crippen molar-refractivity contribution < 1.29 is 14.3 Å². The van der Waals surface area contributed by atoms with Crippen LogP contribution in [0.25, 0.3) is 0 Å². The van der Waals surface area contributed by atoms with Crippen LogP contribution in [0.2, 0.25) is 0 Å². The van der Waals surface area contributed by atoms with E-state index in [0.717, 1.165) is 76.1 Å². The lowest BCUT2D eigenvalue weighted by Gasteiger charge is -2.38. The minimum absolute atomic E-state index is 0.138. The molecule has 1 atom stereocenters. The highest BCUT2D eigenvalue weighted by Crippen LogP contribution is 2.28. The fourth-order valence-corrected chi connectivity index (χ4v) is 4.70. The summed E-state index contributed by atoms with van der Waals surface area (Å²) in [4.78, 5) is 31.8. The third-order valence-electron chi connectivity index (χ3n) is 6.28. The molecule has 28 heavy (non-hydrogen) atoms. The number of morpholine rings is 1. The Hall–Kier alpha value is -2.08. The first kappa shape index (κ1) is 19.2. The van der Waals surface area contributed by atoms with Crippen LogP contribution >= 0.6 is 0 Å². The first-order valence-electron chi connectivity index (χ1n) is 10.7. The van der Waals surface area contributed by atoms with Crippen LogP contribution in [0.15, 0.2) is 24.3 Å². The molecule has 3 aliphatic rings. The largest absolute Gasteiger partial charge is 0.378 e. The number of hydrogen-bond donors (Lipinski definition) is 0. The van der Waals surface area contributed by atoms with E-state index >= 15 is 0 Å². The molecule has 0 spiro atoms. The van der Waals surface area contributed by atoms with Crippen LogP contribution in [0.1, 0.15) is 48.9 Å². The first-order valence-corrected chi connectivity index (χ1v) is 10.7. The molecule has 6 heteroatoms. The van der Waals surface area contributed by atoms with Gasteiger partial charge in [0.15, 0.2) is 0 Å². The average molecular weight is 386 g/mol. The van der Waals surface area contributed by atoms with Gasteiger partial charge in [0.25, 0.3) is 5.91 Å². The molecular formula is C22H31N3O3. The molecule has 0 aromatic heterocycles. The summed E-state index contributed by atoms with van der Waals surface area (Å²) in [6, 6.07) is 8.21. The summed E-state index contributed by atoms with van der Waals surface area (Å²) in [6.45, 7) is 5.53. The number of hydrogen-bond acceptors (Lipinski definition) is 4. The Morgan fingerprint density at radius 3 is 2.64 bits per heavy atom. The number of anilines is 1. The quantitative estimate of drug-likeness (QED) is 0.782. The molecule has 4 rings (SSSR count). The molecule has 152 valence electrons. The van der Waals surface area contributed by atoms with Crippen molar-refractivity contribution in [2.45, 2.75) is 44.6 Å². The van der Waals surface area contributed by atoms with Gasteiger partial charge in [-0.2, -0.15) is 0 Å². The Morgan fingerprint density at radius 1 is 1.04 bits per heavy atom. The first-order chi connectivity index (χ1) is 13.7. The summed E-state index contributed by atoms with van der Waals surface area (Å²) in [6.07, 6.45) is 5.79. The van der Waals surface area contributed by atoms with Crippen LogP contribution in [-0.4, -0.2) is 73.6 Å². The summed E-state index contributed by atoms with van der Waals surface area (Å²) in [7, 11) is 0. The summed E-state index contributed by atoms with van der Waals surface area (Å²) in [5.41, 5.74) is 1.82. The van der Waals surface area contributed by atoms with Crippen LogP contribution < -0.4 is 4.90 Å². The van der Waals surface area contributed by atoms with Crippen molar-refractivity contribution in [3.8, 4) is 0 Å². The van der Waals surface area contributed by atoms with E-state index in [0.29, 0.717) is 19.6 Å². The van der Waals surface area contributed by atoms with Gasteiger partial charge in [-0.05, 0) is 44.2 Å². The van der Waals surface area contributed by atoms with Crippen LogP contribution in [0.4, 0.5) is 5.69 Å². The number of likely N-dealkylation sites (tertiary alicyclic amines) is 2. The minimum atomic E-state index is 0.138. The molecule has 2 amide bonds. The predicted octanol–water partition coefficient (Wildman–Crippen LogP) is 2.53. The fraction of sp³-hybridized carbons (Fsp3) is 0.636. The molecule has 1 aromatic carbocycles. The summed E-state index contributed by atoms with van der Waals surface area (Å²) in [5, 5.41) is 0. The van der Waals surface area contributed by atoms with Gasteiger partial charge in [-0.15, -0.1) is 0 Å². The number of rotatable bonds is 5. The van der Waals surface area contributed by atoms with Gasteiger partial charge < -0.3 is 19.4 Å². The number of para-hydroxylation sites is 1. The van der Waals surface area contributed by atoms with Crippen molar-refractivity contribution in [1.82, 2.24) is 9.80 Å². The molecule has 0 radical (unpaired) electrons. The molecule has 0 saturated carbocycles. The van der Waals surface area contributed by atoms with Crippen molar-refractivity contribution in [3.05, 3.63) is 29.8 Å². The third-order valence-corrected chi connectivity index (χ3v) is 6.28. The van der Waals surface area contributed by atoms with E-state index in [4.69, 9.17) is 4.74 Å². The predicted molar refractivity (Wildman–Crippen MR) is 109 cm³/mol. The molecule has 0 aliphatic carbocycles. The van der Waals surface area contributed by atoms with Gasteiger partial charge >= 0.3 is 0 Å². The Kier molecular flexibility index (Phi) is 6.15. The molecule has 6 nitrogen and oxygen atoms in total. The second-order valence-corrected chi connectivity index (χ2v) is 8.04. The van der Waals surface area contributed by atoms with Gasteiger partial charge in [0.05, 0.1) is 18.8 Å². The van der Waals surface area contributed by atoms with E-state index in [1.54, 1.807) is 0 Å². The second kappa shape index (κ2) is 8.95. The topological polar surface area (TPSA) is 53.1 Å². The van der Waals surface area contributed by atoms with Crippen LogP contribution in [-0.2, 0) is 9.53 Å². The summed E-state index contributed by atoms with van der Waals surface area (Å²) >= 11 is 0. The Morgan fingerprint density at radius 2 is 1.86 bits per heavy atom. The molecule has 0 bridgehead atoms. The highest BCUT2D eigenvalue weighted by Gasteiger charge is 2.31. The molecule has 3 fully saturated rings. The van der Waals surface area contributed by atoms with Crippen molar-refractivity contribution in [3.63, 3.8) is 0 Å². The summed E-state index contributed by atoms with van der Waals surface area (Å²) < 4.78 is 5.48. The molecule has 3 aliphatic heterocycles. The Labute approximate surface area is 167 Å². The maximum absolute atomic E-state index is 13.5. The lowest BCUT2D eigenvalue weighted by Crippen LogP contribution is -2.46. The fourth-order valence-electron chi connectivity index (χ4n) is 4.70. The minimum Gasteiger partial charge on any atom is -0.378 e. The summed E-state index contributed by atoms with van der Waals surface area (Å²) in [5.74, 6) is 0.408. The maximum atomic E-state index is 13.5. The highest BCUT2D eigenvalue weighted by molar-refractivity contribution is 6.00. The zero-order chi connectivity index (χ0) is 19.3. The van der Waals surface area contributed by atoms with E-state index < -0.39 is 0 Å². The van der Waals surface area contributed by atoms with E-state index in [9.17, 15) is 9.59 Å². The SMILES string of the molecule is O=C1CCCN1CC[C@@H]1CCCCN1C(=O)c1ccccc1N1CCOCC1. The number of carbonyl (C=O) groups excluding carboxylic acids is 2. The molecule has 1 aromatic rings. The van der Waals surface area contributed by atoms with Crippen LogP contribution in [0.3, 0.4) is 0 Å². The Balaban J connectivity index is 1.48. The molecule has 3 heterocycles. The molecule has 3 saturated heterocycles. The zero-order valence-corrected chi connectivity index (χ0v) is 16.6. The normalized spacial score (nSPS) is 23.4. The smallest absolute Gasteiger partial charge is 0.256 e. The molecule has 0 N–H and O–H groups in total. The van der Waals surface area contributed by atoms with Crippen molar-refractivity contribution >= 4 is 17.5 Å². The van der Waals surface area contributed by atoms with Crippen LogP contribution in [0, 0.1) is 0 Å². The van der Waals surface area contributed by atoms with Crippen LogP contribution in [0.5, 0.6) is 0 Å². The van der Waals surface area contributed by atoms with Gasteiger partial charge in [-0.25, -0.2) is 0 Å². The third kappa shape index (κ3) is 4.17. The standard InChI is InChI=1S/C22H31N3O3/c26-21-9-5-11-24(21)13-10-18-6-3-4-12-25(18)22(27)19-7-1-2-8-20(19)23-14-16-28-17-15-23/h1-2,7-8,18H,3-6,9-17H2/t18-/m0/s1. The number of carbonyl (C=O) groups is 2. The van der Waals surface area contributed by atoms with Gasteiger partial charge in [0.1, 0.15) is 0 Å². The lowest BCUT2D eigenvalue weighted by molar-refractivity contribution is -0.127. The second-order valence-electron chi connectivity index (χ2n) is 8.04. The average Bonchev–Trinajstić information content (AvgIpc) is 3.17. The van der Waals surface area contributed by atoms with Gasteiger partial charge in [-0.3, -0.25) is 9.59 Å². The maximum Gasteiger partial charge on any atom is 0.256 e. The van der Waals surface area contributed by atoms with E-state index in [-0.39, 0.29) is 17.9 Å². The number of piperidine rings is 1. The van der Waals surface area contributed by atoms with E-state index in [2.05, 4.69) is 15.9 Å². The van der Waals surface area contributed by atoms with Gasteiger partial charge in [-0.1, -0.05) is 12.1 Å². The van der Waals surface area contributed by atoms with E-state index in [1.807, 2.05) is 23.1 Å². The molecular weight excluding hydrogens is 354 g/mol. The van der Waals surface area contributed by atoms with Crippen molar-refractivity contribution in [1.29, 1.82) is 0 Å². The Bertz CT molecular complexity index is 702. The number of ether oxygens (including phenoxy) is 1. The lowest BCUT2D eigenvalue weighted by atomic mass is 9.97. The number of amides is 2. The van der Waals surface area contributed by atoms with Gasteiger partial charge in [0.2, 0.25) is 5.91 Å². The number of nitrogens with zero attached hydrogens (tertiary/aromatic N) is 3. The molecule has 0 unspecified atom stereocenters. The number of benzene rings is 1. The van der Waals surface area contributed by atoms with E-state index in [1.165, 1.54) is 0 Å². The van der Waals surface area contributed by atoms with Gasteiger partial charge in [0, 0.05) is 50.9 Å². The van der Waals surface area contributed by atoms with Crippen molar-refractivity contribution in [2.75, 3.05) is 50.8 Å². The van der Waals surface area contributed by atoms with Crippen molar-refractivity contribution in [2.24, 2.45) is 0 Å². The monoisotopic (exact) mass is 385 g/mol. The highest BCUT2D eigenvalue weighted by atomic mass is 16.5.